The van der Waals surface area contributed by atoms with Crippen LogP contribution >= 0.6 is 24.0 Å². The lowest BCUT2D eigenvalue weighted by Crippen LogP contribution is -2.26. The summed E-state index contributed by atoms with van der Waals surface area (Å²) in [6, 6.07) is 2.16. The standard InChI is InChI=1S/C13H19ClFNO2.ClH/c1-3-5-11(17)12(16)8-6-9(14)13(18-4-2)10(15)7-8;/h6-7,11-12,17H,3-5,16H2,1-2H3;1H/t11-,12+;/m0./s1. The van der Waals surface area contributed by atoms with Gasteiger partial charge in [0.15, 0.2) is 11.6 Å². The third-order valence-corrected chi connectivity index (χ3v) is 2.97. The number of nitrogens with two attached hydrogens (primary N) is 1. The maximum absolute atomic E-state index is 13.8. The van der Waals surface area contributed by atoms with Crippen molar-refractivity contribution in [2.45, 2.75) is 38.8 Å². The van der Waals surface area contributed by atoms with Gasteiger partial charge in [-0.25, -0.2) is 4.39 Å². The van der Waals surface area contributed by atoms with Crippen molar-refractivity contribution in [2.24, 2.45) is 5.73 Å². The van der Waals surface area contributed by atoms with E-state index in [4.69, 9.17) is 22.1 Å². The van der Waals surface area contributed by atoms with Crippen LogP contribution in [-0.2, 0) is 0 Å². The fraction of sp³-hybridized carbons (Fsp3) is 0.538. The fourth-order valence-electron chi connectivity index (χ4n) is 1.75. The van der Waals surface area contributed by atoms with E-state index in [1.807, 2.05) is 6.92 Å². The molecule has 0 radical (unpaired) electrons. The molecule has 1 aromatic carbocycles. The highest BCUT2D eigenvalue weighted by atomic mass is 35.5. The van der Waals surface area contributed by atoms with Crippen molar-refractivity contribution >= 4 is 24.0 Å². The summed E-state index contributed by atoms with van der Waals surface area (Å²) < 4.78 is 18.9. The maximum atomic E-state index is 13.8. The van der Waals surface area contributed by atoms with Gasteiger partial charge in [0.1, 0.15) is 0 Å². The largest absolute Gasteiger partial charge is 0.489 e. The van der Waals surface area contributed by atoms with Crippen LogP contribution in [0.2, 0.25) is 5.02 Å². The zero-order valence-corrected chi connectivity index (χ0v) is 12.6. The van der Waals surface area contributed by atoms with Crippen molar-refractivity contribution in [3.05, 3.63) is 28.5 Å². The lowest BCUT2D eigenvalue weighted by atomic mass is 9.99. The number of aliphatic hydroxyl groups is 1. The minimum Gasteiger partial charge on any atom is -0.489 e. The van der Waals surface area contributed by atoms with Crippen LogP contribution in [0.3, 0.4) is 0 Å². The van der Waals surface area contributed by atoms with Crippen molar-refractivity contribution in [1.29, 1.82) is 0 Å². The summed E-state index contributed by atoms with van der Waals surface area (Å²) >= 11 is 5.94. The fourth-order valence-corrected chi connectivity index (χ4v) is 2.02. The van der Waals surface area contributed by atoms with Gasteiger partial charge in [-0.05, 0) is 31.0 Å². The lowest BCUT2D eigenvalue weighted by molar-refractivity contribution is 0.134. The third kappa shape index (κ3) is 4.80. The molecule has 0 unspecified atom stereocenters. The highest BCUT2D eigenvalue weighted by molar-refractivity contribution is 6.32. The minimum atomic E-state index is -0.705. The van der Waals surface area contributed by atoms with Crippen LogP contribution in [0.25, 0.3) is 0 Å². The van der Waals surface area contributed by atoms with Crippen LogP contribution in [-0.4, -0.2) is 17.8 Å². The van der Waals surface area contributed by atoms with Crippen LogP contribution in [0.1, 0.15) is 38.3 Å². The molecule has 0 aliphatic rings. The number of benzene rings is 1. The molecule has 19 heavy (non-hydrogen) atoms. The second-order valence-electron chi connectivity index (χ2n) is 4.13. The number of hydrogen-bond donors (Lipinski definition) is 2. The number of rotatable bonds is 6. The average molecular weight is 312 g/mol. The Bertz CT molecular complexity index is 381. The van der Waals surface area contributed by atoms with E-state index >= 15 is 0 Å². The predicted molar refractivity (Wildman–Crippen MR) is 77.7 cm³/mol. The molecule has 1 aromatic rings. The molecule has 0 heterocycles. The Labute approximate surface area is 124 Å². The first-order valence-electron chi connectivity index (χ1n) is 6.06. The molecule has 0 aliphatic heterocycles. The normalized spacial score (nSPS) is 13.6. The van der Waals surface area contributed by atoms with Gasteiger partial charge in [-0.3, -0.25) is 0 Å². The predicted octanol–water partition coefficient (Wildman–Crippen LogP) is 3.46. The van der Waals surface area contributed by atoms with Crippen molar-refractivity contribution in [3.8, 4) is 5.75 Å². The molecule has 0 bridgehead atoms. The Kier molecular flexibility index (Phi) is 8.34. The molecule has 3 nitrogen and oxygen atoms in total. The molecule has 3 N–H and O–H groups in total. The van der Waals surface area contributed by atoms with Crippen molar-refractivity contribution in [1.82, 2.24) is 0 Å². The van der Waals surface area contributed by atoms with Crippen LogP contribution in [0.15, 0.2) is 12.1 Å². The quantitative estimate of drug-likeness (QED) is 0.846. The molecule has 0 aromatic heterocycles. The van der Waals surface area contributed by atoms with Gasteiger partial charge >= 0.3 is 0 Å². The van der Waals surface area contributed by atoms with E-state index < -0.39 is 18.0 Å². The van der Waals surface area contributed by atoms with E-state index in [0.717, 1.165) is 6.42 Å². The summed E-state index contributed by atoms with van der Waals surface area (Å²) in [6.45, 7) is 4.03. The molecule has 0 amide bonds. The first-order valence-corrected chi connectivity index (χ1v) is 6.44. The van der Waals surface area contributed by atoms with Gasteiger partial charge in [-0.2, -0.15) is 0 Å². The lowest BCUT2D eigenvalue weighted by Gasteiger charge is -2.19. The number of hydrogen-bond acceptors (Lipinski definition) is 3. The Hall–Kier alpha value is -0.550. The van der Waals surface area contributed by atoms with Gasteiger partial charge in [-0.15, -0.1) is 12.4 Å². The molecular weight excluding hydrogens is 292 g/mol. The zero-order chi connectivity index (χ0) is 13.7. The van der Waals surface area contributed by atoms with E-state index in [-0.39, 0.29) is 23.2 Å². The second-order valence-corrected chi connectivity index (χ2v) is 4.54. The third-order valence-electron chi connectivity index (χ3n) is 2.69. The summed E-state index contributed by atoms with van der Waals surface area (Å²) in [5, 5.41) is 9.98. The maximum Gasteiger partial charge on any atom is 0.173 e. The summed E-state index contributed by atoms with van der Waals surface area (Å²) in [4.78, 5) is 0. The van der Waals surface area contributed by atoms with E-state index in [0.29, 0.717) is 18.6 Å². The molecule has 110 valence electrons. The molecule has 0 spiro atoms. The van der Waals surface area contributed by atoms with Gasteiger partial charge in [0, 0.05) is 0 Å². The van der Waals surface area contributed by atoms with Gasteiger partial charge < -0.3 is 15.6 Å². The summed E-state index contributed by atoms with van der Waals surface area (Å²) in [5.74, 6) is -0.529. The van der Waals surface area contributed by atoms with Crippen molar-refractivity contribution in [3.63, 3.8) is 0 Å². The number of halogens is 3. The molecule has 6 heteroatoms. The highest BCUT2D eigenvalue weighted by Gasteiger charge is 2.19. The summed E-state index contributed by atoms with van der Waals surface area (Å²) in [5.41, 5.74) is 6.34. The Morgan fingerprint density at radius 1 is 1.42 bits per heavy atom. The molecule has 0 saturated heterocycles. The molecule has 0 aliphatic carbocycles. The smallest absolute Gasteiger partial charge is 0.173 e. The number of ether oxygens (including phenoxy) is 1. The van der Waals surface area contributed by atoms with Crippen molar-refractivity contribution in [2.75, 3.05) is 6.61 Å². The number of aliphatic hydroxyl groups excluding tert-OH is 1. The summed E-state index contributed by atoms with van der Waals surface area (Å²) in [7, 11) is 0. The van der Waals surface area contributed by atoms with Crippen LogP contribution in [0, 0.1) is 5.82 Å². The second kappa shape index (κ2) is 8.59. The molecule has 2 atom stereocenters. The molecule has 0 saturated carbocycles. The highest BCUT2D eigenvalue weighted by Crippen LogP contribution is 2.32. The Morgan fingerprint density at radius 2 is 2.05 bits per heavy atom. The minimum absolute atomic E-state index is 0. The van der Waals surface area contributed by atoms with Gasteiger partial charge in [0.25, 0.3) is 0 Å². The van der Waals surface area contributed by atoms with E-state index in [9.17, 15) is 9.50 Å². The first-order chi connectivity index (χ1) is 8.51. The monoisotopic (exact) mass is 311 g/mol. The van der Waals surface area contributed by atoms with Crippen molar-refractivity contribution < 1.29 is 14.2 Å². The van der Waals surface area contributed by atoms with E-state index in [2.05, 4.69) is 0 Å². The van der Waals surface area contributed by atoms with Crippen LogP contribution in [0.4, 0.5) is 4.39 Å². The molecule has 1 rings (SSSR count). The summed E-state index contributed by atoms with van der Waals surface area (Å²) in [6.07, 6.45) is 0.666. The van der Waals surface area contributed by atoms with Gasteiger partial charge in [0.05, 0.1) is 23.8 Å². The Morgan fingerprint density at radius 3 is 2.53 bits per heavy atom. The SMILES string of the molecule is CCC[C@H](O)[C@H](N)c1cc(F)c(OCC)c(Cl)c1.Cl. The van der Waals surface area contributed by atoms with Gasteiger partial charge in [0.2, 0.25) is 0 Å². The topological polar surface area (TPSA) is 55.5 Å². The van der Waals surface area contributed by atoms with E-state index in [1.165, 1.54) is 6.07 Å². The molecule has 0 fully saturated rings. The van der Waals surface area contributed by atoms with Crippen LogP contribution < -0.4 is 10.5 Å². The van der Waals surface area contributed by atoms with Gasteiger partial charge in [-0.1, -0.05) is 24.9 Å². The Balaban J connectivity index is 0.00000324. The zero-order valence-electron chi connectivity index (χ0n) is 11.0. The first kappa shape index (κ1) is 18.4. The average Bonchev–Trinajstić information content (AvgIpc) is 2.33. The van der Waals surface area contributed by atoms with Crippen LogP contribution in [0.5, 0.6) is 5.75 Å². The van der Waals surface area contributed by atoms with E-state index in [1.54, 1.807) is 13.0 Å². The molecular formula is C13H20Cl2FNO2.